The summed E-state index contributed by atoms with van der Waals surface area (Å²) >= 11 is 0. The van der Waals surface area contributed by atoms with Crippen molar-refractivity contribution in [2.75, 3.05) is 32.0 Å². The van der Waals surface area contributed by atoms with E-state index in [9.17, 15) is 0 Å². The zero-order valence-electron chi connectivity index (χ0n) is 14.8. The molecular formula is C19H20N4O3. The third-order valence-corrected chi connectivity index (χ3v) is 3.65. The van der Waals surface area contributed by atoms with Gasteiger partial charge in [-0.25, -0.2) is 4.98 Å². The van der Waals surface area contributed by atoms with Gasteiger partial charge >= 0.3 is 0 Å². The Morgan fingerprint density at radius 3 is 2.38 bits per heavy atom. The predicted molar refractivity (Wildman–Crippen MR) is 101 cm³/mol. The van der Waals surface area contributed by atoms with Crippen LogP contribution < -0.4 is 24.8 Å². The van der Waals surface area contributed by atoms with Crippen molar-refractivity contribution in [2.45, 2.75) is 0 Å². The summed E-state index contributed by atoms with van der Waals surface area (Å²) in [5.41, 5.74) is 1.58. The number of benzene rings is 2. The number of ether oxygens (including phenoxy) is 3. The van der Waals surface area contributed by atoms with E-state index in [4.69, 9.17) is 14.2 Å². The fraction of sp³-hybridized carbons (Fsp3) is 0.158. The molecule has 0 aliphatic rings. The minimum absolute atomic E-state index is 0.435. The van der Waals surface area contributed by atoms with Gasteiger partial charge in [-0.1, -0.05) is 6.07 Å². The second kappa shape index (κ2) is 8.06. The average molecular weight is 352 g/mol. The van der Waals surface area contributed by atoms with E-state index in [1.54, 1.807) is 33.6 Å². The summed E-state index contributed by atoms with van der Waals surface area (Å²) in [4.78, 5) is 8.74. The van der Waals surface area contributed by atoms with E-state index in [0.29, 0.717) is 29.0 Å². The van der Waals surface area contributed by atoms with Crippen LogP contribution in [-0.4, -0.2) is 31.3 Å². The molecule has 7 nitrogen and oxygen atoms in total. The molecule has 0 fully saturated rings. The van der Waals surface area contributed by atoms with Crippen LogP contribution in [0.25, 0.3) is 0 Å². The van der Waals surface area contributed by atoms with E-state index in [2.05, 4.69) is 20.6 Å². The van der Waals surface area contributed by atoms with Crippen molar-refractivity contribution in [1.29, 1.82) is 0 Å². The molecule has 0 radical (unpaired) electrons. The molecule has 3 aromatic rings. The van der Waals surface area contributed by atoms with Crippen LogP contribution in [-0.2, 0) is 0 Å². The summed E-state index contributed by atoms with van der Waals surface area (Å²) < 4.78 is 15.9. The Hall–Kier alpha value is -3.48. The third kappa shape index (κ3) is 4.13. The molecule has 0 amide bonds. The minimum atomic E-state index is 0.435. The Morgan fingerprint density at radius 2 is 1.62 bits per heavy atom. The van der Waals surface area contributed by atoms with E-state index in [0.717, 1.165) is 11.4 Å². The highest BCUT2D eigenvalue weighted by Gasteiger charge is 2.08. The van der Waals surface area contributed by atoms with E-state index >= 15 is 0 Å². The van der Waals surface area contributed by atoms with Crippen LogP contribution >= 0.6 is 0 Å². The van der Waals surface area contributed by atoms with E-state index in [1.165, 1.54) is 0 Å². The van der Waals surface area contributed by atoms with Crippen LogP contribution in [0, 0.1) is 0 Å². The molecule has 2 aromatic carbocycles. The summed E-state index contributed by atoms with van der Waals surface area (Å²) in [5, 5.41) is 6.38. The first kappa shape index (κ1) is 17.3. The Labute approximate surface area is 152 Å². The van der Waals surface area contributed by atoms with E-state index < -0.39 is 0 Å². The maximum atomic E-state index is 5.37. The molecule has 0 aliphatic heterocycles. The standard InChI is InChI=1S/C19H20N4O3/c1-24-14-6-4-5-13(11-14)21-18-9-10-20-19(23-18)22-16-12-15(25-2)7-8-17(16)26-3/h4-12H,1-3H3,(H2,20,21,22,23). The quantitative estimate of drug-likeness (QED) is 0.666. The second-order valence-electron chi connectivity index (χ2n) is 5.31. The summed E-state index contributed by atoms with van der Waals surface area (Å²) in [6.07, 6.45) is 1.67. The van der Waals surface area contributed by atoms with Crippen molar-refractivity contribution in [3.05, 3.63) is 54.7 Å². The molecule has 0 saturated heterocycles. The van der Waals surface area contributed by atoms with Crippen LogP contribution in [0.4, 0.5) is 23.1 Å². The van der Waals surface area contributed by atoms with Gasteiger partial charge in [0.1, 0.15) is 23.1 Å². The first-order chi connectivity index (χ1) is 12.7. The summed E-state index contributed by atoms with van der Waals surface area (Å²) in [6.45, 7) is 0. The molecule has 1 aromatic heterocycles. The molecule has 7 heteroatoms. The molecule has 0 spiro atoms. The predicted octanol–water partition coefficient (Wildman–Crippen LogP) is 3.99. The van der Waals surface area contributed by atoms with Crippen LogP contribution in [0.1, 0.15) is 0 Å². The number of aromatic nitrogens is 2. The minimum Gasteiger partial charge on any atom is -0.497 e. The van der Waals surface area contributed by atoms with Crippen molar-refractivity contribution < 1.29 is 14.2 Å². The van der Waals surface area contributed by atoms with Gasteiger partial charge < -0.3 is 24.8 Å². The molecule has 3 rings (SSSR count). The van der Waals surface area contributed by atoms with Crippen molar-refractivity contribution in [3.8, 4) is 17.2 Å². The van der Waals surface area contributed by atoms with Crippen LogP contribution in [0.5, 0.6) is 17.2 Å². The normalized spacial score (nSPS) is 10.1. The van der Waals surface area contributed by atoms with Gasteiger partial charge in [-0.2, -0.15) is 4.98 Å². The molecule has 0 bridgehead atoms. The molecule has 0 unspecified atom stereocenters. The first-order valence-electron chi connectivity index (χ1n) is 7.95. The van der Waals surface area contributed by atoms with Crippen molar-refractivity contribution in [3.63, 3.8) is 0 Å². The first-order valence-corrected chi connectivity index (χ1v) is 7.95. The van der Waals surface area contributed by atoms with Gasteiger partial charge in [0.15, 0.2) is 0 Å². The zero-order valence-corrected chi connectivity index (χ0v) is 14.8. The Bertz CT molecular complexity index is 886. The van der Waals surface area contributed by atoms with E-state index in [-0.39, 0.29) is 0 Å². The largest absolute Gasteiger partial charge is 0.497 e. The molecule has 0 aliphatic carbocycles. The number of nitrogens with zero attached hydrogens (tertiary/aromatic N) is 2. The average Bonchev–Trinajstić information content (AvgIpc) is 2.68. The van der Waals surface area contributed by atoms with Crippen molar-refractivity contribution >= 4 is 23.1 Å². The summed E-state index contributed by atoms with van der Waals surface area (Å²) in [7, 11) is 4.85. The number of methoxy groups -OCH3 is 3. The van der Waals surface area contributed by atoms with Crippen molar-refractivity contribution in [2.24, 2.45) is 0 Å². The molecule has 134 valence electrons. The Balaban J connectivity index is 1.81. The molecular weight excluding hydrogens is 332 g/mol. The highest BCUT2D eigenvalue weighted by Crippen LogP contribution is 2.31. The molecule has 26 heavy (non-hydrogen) atoms. The lowest BCUT2D eigenvalue weighted by Crippen LogP contribution is -2.02. The van der Waals surface area contributed by atoms with Crippen LogP contribution in [0.15, 0.2) is 54.7 Å². The monoisotopic (exact) mass is 352 g/mol. The van der Waals surface area contributed by atoms with E-state index in [1.807, 2.05) is 42.5 Å². The maximum Gasteiger partial charge on any atom is 0.229 e. The number of anilines is 4. The third-order valence-electron chi connectivity index (χ3n) is 3.65. The molecule has 0 atom stereocenters. The Morgan fingerprint density at radius 1 is 0.808 bits per heavy atom. The summed E-state index contributed by atoms with van der Waals surface area (Å²) in [6, 6.07) is 14.9. The fourth-order valence-corrected chi connectivity index (χ4v) is 2.37. The zero-order chi connectivity index (χ0) is 18.4. The fourth-order valence-electron chi connectivity index (χ4n) is 2.37. The SMILES string of the molecule is COc1cccc(Nc2ccnc(Nc3cc(OC)ccc3OC)n2)c1. The van der Waals surface area contributed by atoms with Gasteiger partial charge in [0.25, 0.3) is 0 Å². The number of rotatable bonds is 7. The van der Waals surface area contributed by atoms with Gasteiger partial charge in [0, 0.05) is 24.0 Å². The summed E-state index contributed by atoms with van der Waals surface area (Å²) in [5.74, 6) is 3.23. The van der Waals surface area contributed by atoms with Gasteiger partial charge in [-0.05, 0) is 30.3 Å². The van der Waals surface area contributed by atoms with Gasteiger partial charge in [-0.15, -0.1) is 0 Å². The number of hydrogen-bond acceptors (Lipinski definition) is 7. The van der Waals surface area contributed by atoms with Gasteiger partial charge in [-0.3, -0.25) is 0 Å². The smallest absolute Gasteiger partial charge is 0.229 e. The number of hydrogen-bond donors (Lipinski definition) is 2. The van der Waals surface area contributed by atoms with Gasteiger partial charge in [0.2, 0.25) is 5.95 Å². The van der Waals surface area contributed by atoms with Crippen LogP contribution in [0.2, 0.25) is 0 Å². The Kier molecular flexibility index (Phi) is 5.38. The lowest BCUT2D eigenvalue weighted by molar-refractivity contribution is 0.405. The highest BCUT2D eigenvalue weighted by molar-refractivity contribution is 5.66. The topological polar surface area (TPSA) is 77.5 Å². The number of nitrogens with one attached hydrogen (secondary N) is 2. The van der Waals surface area contributed by atoms with Crippen LogP contribution in [0.3, 0.4) is 0 Å². The maximum absolute atomic E-state index is 5.37. The lowest BCUT2D eigenvalue weighted by Gasteiger charge is -2.12. The van der Waals surface area contributed by atoms with Gasteiger partial charge in [0.05, 0.1) is 27.0 Å². The lowest BCUT2D eigenvalue weighted by atomic mass is 10.2. The molecule has 0 saturated carbocycles. The van der Waals surface area contributed by atoms with Crippen molar-refractivity contribution in [1.82, 2.24) is 9.97 Å². The second-order valence-corrected chi connectivity index (χ2v) is 5.31. The molecule has 1 heterocycles. The highest BCUT2D eigenvalue weighted by atomic mass is 16.5. The molecule has 2 N–H and O–H groups in total.